The quantitative estimate of drug-likeness (QED) is 0.849. The summed E-state index contributed by atoms with van der Waals surface area (Å²) in [6.45, 7) is 5.55. The predicted octanol–water partition coefficient (Wildman–Crippen LogP) is 4.10. The van der Waals surface area contributed by atoms with Gasteiger partial charge in [-0.25, -0.2) is 0 Å². The van der Waals surface area contributed by atoms with Gasteiger partial charge < -0.3 is 10.2 Å². The van der Waals surface area contributed by atoms with Crippen molar-refractivity contribution in [2.75, 3.05) is 6.54 Å². The van der Waals surface area contributed by atoms with Crippen molar-refractivity contribution in [3.63, 3.8) is 0 Å². The number of hydrogen-bond acceptors (Lipinski definition) is 2. The van der Waals surface area contributed by atoms with Crippen molar-refractivity contribution in [1.29, 1.82) is 5.41 Å². The molecule has 3 rings (SSSR count). The van der Waals surface area contributed by atoms with Crippen molar-refractivity contribution >= 4 is 23.4 Å². The SMILES string of the molecule is CC1(C)/C(=N/Cc2ccccc2)NC(=N)N1CCc1cccc(Cl)c1. The van der Waals surface area contributed by atoms with Crippen LogP contribution < -0.4 is 5.32 Å². The van der Waals surface area contributed by atoms with Gasteiger partial charge in [0.25, 0.3) is 0 Å². The van der Waals surface area contributed by atoms with Gasteiger partial charge in [0.05, 0.1) is 12.1 Å². The number of rotatable bonds is 5. The predicted molar refractivity (Wildman–Crippen MR) is 104 cm³/mol. The Kier molecular flexibility index (Phi) is 5.09. The highest BCUT2D eigenvalue weighted by Gasteiger charge is 2.40. The Bertz CT molecular complexity index is 783. The maximum absolute atomic E-state index is 8.29. The average Bonchev–Trinajstić information content (AvgIpc) is 2.80. The molecule has 0 amide bonds. The highest BCUT2D eigenvalue weighted by molar-refractivity contribution is 6.30. The van der Waals surface area contributed by atoms with Gasteiger partial charge in [-0.2, -0.15) is 0 Å². The van der Waals surface area contributed by atoms with Gasteiger partial charge in [-0.05, 0) is 43.5 Å². The molecule has 0 unspecified atom stereocenters. The monoisotopic (exact) mass is 354 g/mol. The van der Waals surface area contributed by atoms with Crippen LogP contribution in [0.4, 0.5) is 0 Å². The topological polar surface area (TPSA) is 51.5 Å². The molecule has 2 aromatic rings. The molecule has 4 nitrogen and oxygen atoms in total. The summed E-state index contributed by atoms with van der Waals surface area (Å²) in [4.78, 5) is 6.77. The van der Waals surface area contributed by atoms with E-state index in [-0.39, 0.29) is 5.54 Å². The van der Waals surface area contributed by atoms with E-state index in [4.69, 9.17) is 22.0 Å². The lowest BCUT2D eigenvalue weighted by Gasteiger charge is -2.31. The van der Waals surface area contributed by atoms with Gasteiger partial charge in [-0.3, -0.25) is 10.4 Å². The second-order valence-electron chi connectivity index (χ2n) is 6.71. The lowest BCUT2D eigenvalue weighted by Crippen LogP contribution is -2.45. The van der Waals surface area contributed by atoms with E-state index >= 15 is 0 Å². The molecule has 2 aromatic carbocycles. The first-order chi connectivity index (χ1) is 12.0. The second kappa shape index (κ2) is 7.28. The number of nitrogens with one attached hydrogen (secondary N) is 2. The van der Waals surface area contributed by atoms with Crippen LogP contribution in [0.3, 0.4) is 0 Å². The summed E-state index contributed by atoms with van der Waals surface area (Å²) in [6.07, 6.45) is 0.833. The van der Waals surface area contributed by atoms with Crippen molar-refractivity contribution in [3.8, 4) is 0 Å². The third kappa shape index (κ3) is 4.02. The molecule has 1 aliphatic rings. The molecule has 0 spiro atoms. The van der Waals surface area contributed by atoms with Gasteiger partial charge >= 0.3 is 0 Å². The third-order valence-electron chi connectivity index (χ3n) is 4.54. The van der Waals surface area contributed by atoms with E-state index < -0.39 is 0 Å². The Balaban J connectivity index is 1.70. The first kappa shape index (κ1) is 17.5. The van der Waals surface area contributed by atoms with Crippen molar-refractivity contribution < 1.29 is 0 Å². The molecular weight excluding hydrogens is 332 g/mol. The molecule has 5 heteroatoms. The summed E-state index contributed by atoms with van der Waals surface area (Å²) >= 11 is 6.06. The summed E-state index contributed by atoms with van der Waals surface area (Å²) < 4.78 is 0. The molecule has 1 aliphatic heterocycles. The zero-order chi connectivity index (χ0) is 17.9. The van der Waals surface area contributed by atoms with Crippen molar-refractivity contribution in [2.45, 2.75) is 32.4 Å². The van der Waals surface area contributed by atoms with Crippen molar-refractivity contribution in [3.05, 3.63) is 70.7 Å². The first-order valence-corrected chi connectivity index (χ1v) is 8.81. The van der Waals surface area contributed by atoms with Crippen LogP contribution in [-0.4, -0.2) is 28.8 Å². The Morgan fingerprint density at radius 3 is 2.52 bits per heavy atom. The fraction of sp³-hybridized carbons (Fsp3) is 0.300. The van der Waals surface area contributed by atoms with Gasteiger partial charge in [-0.1, -0.05) is 54.1 Å². The second-order valence-corrected chi connectivity index (χ2v) is 7.15. The lowest BCUT2D eigenvalue weighted by atomic mass is 10.0. The van der Waals surface area contributed by atoms with Gasteiger partial charge in [0.15, 0.2) is 5.96 Å². The Morgan fingerprint density at radius 2 is 1.80 bits per heavy atom. The van der Waals surface area contributed by atoms with Crippen LogP contribution in [0.5, 0.6) is 0 Å². The number of guanidine groups is 1. The Morgan fingerprint density at radius 1 is 1.08 bits per heavy atom. The molecule has 2 N–H and O–H groups in total. The van der Waals surface area contributed by atoms with Gasteiger partial charge in [-0.15, -0.1) is 0 Å². The minimum Gasteiger partial charge on any atom is -0.330 e. The number of amidine groups is 1. The summed E-state index contributed by atoms with van der Waals surface area (Å²) in [6, 6.07) is 18.0. The van der Waals surface area contributed by atoms with Gasteiger partial charge in [0, 0.05) is 11.6 Å². The zero-order valence-electron chi connectivity index (χ0n) is 14.6. The number of halogens is 1. The molecular formula is C20H23ClN4. The van der Waals surface area contributed by atoms with E-state index in [0.29, 0.717) is 12.5 Å². The fourth-order valence-corrected chi connectivity index (χ4v) is 3.26. The van der Waals surface area contributed by atoms with Crippen LogP contribution in [0.15, 0.2) is 59.6 Å². The highest BCUT2D eigenvalue weighted by atomic mass is 35.5. The van der Waals surface area contributed by atoms with Crippen molar-refractivity contribution in [1.82, 2.24) is 10.2 Å². The Hall–Kier alpha value is -2.33. The van der Waals surface area contributed by atoms with E-state index in [9.17, 15) is 0 Å². The standard InChI is InChI=1S/C20H23ClN4/c1-20(2)18(23-14-16-7-4-3-5-8-16)24-19(22)25(20)12-11-15-9-6-10-17(21)13-15/h3-10,13H,11-12,14H2,1-2H3,(H2,22,23,24). The third-order valence-corrected chi connectivity index (χ3v) is 4.77. The van der Waals surface area contributed by atoms with E-state index in [0.717, 1.165) is 29.4 Å². The van der Waals surface area contributed by atoms with Crippen LogP contribution in [0.25, 0.3) is 0 Å². The largest absolute Gasteiger partial charge is 0.330 e. The average molecular weight is 355 g/mol. The maximum Gasteiger partial charge on any atom is 0.197 e. The molecule has 1 heterocycles. The van der Waals surface area contributed by atoms with Crippen LogP contribution in [0.1, 0.15) is 25.0 Å². The minimum absolute atomic E-state index is 0.329. The summed E-state index contributed by atoms with van der Waals surface area (Å²) in [5, 5.41) is 12.2. The number of aliphatic imine (C=N–C) groups is 1. The summed E-state index contributed by atoms with van der Waals surface area (Å²) in [5.41, 5.74) is 2.01. The first-order valence-electron chi connectivity index (χ1n) is 8.43. The van der Waals surface area contributed by atoms with Crippen LogP contribution in [-0.2, 0) is 13.0 Å². The molecule has 0 bridgehead atoms. The van der Waals surface area contributed by atoms with E-state index in [2.05, 4.69) is 42.3 Å². The minimum atomic E-state index is -0.329. The molecule has 0 aromatic heterocycles. The molecule has 130 valence electrons. The van der Waals surface area contributed by atoms with E-state index in [1.54, 1.807) is 0 Å². The number of nitrogens with zero attached hydrogens (tertiary/aromatic N) is 2. The Labute approximate surface area is 154 Å². The van der Waals surface area contributed by atoms with Crippen molar-refractivity contribution in [2.24, 2.45) is 4.99 Å². The molecule has 0 aliphatic carbocycles. The van der Waals surface area contributed by atoms with Crippen LogP contribution in [0.2, 0.25) is 5.02 Å². The smallest absolute Gasteiger partial charge is 0.197 e. The number of benzene rings is 2. The van der Waals surface area contributed by atoms with Crippen LogP contribution in [0, 0.1) is 5.41 Å². The zero-order valence-corrected chi connectivity index (χ0v) is 15.3. The molecule has 25 heavy (non-hydrogen) atoms. The molecule has 0 radical (unpaired) electrons. The van der Waals surface area contributed by atoms with Gasteiger partial charge in [0.1, 0.15) is 5.84 Å². The molecule has 1 saturated heterocycles. The van der Waals surface area contributed by atoms with Gasteiger partial charge in [0.2, 0.25) is 0 Å². The summed E-state index contributed by atoms with van der Waals surface area (Å²) in [7, 11) is 0. The normalized spacial score (nSPS) is 17.8. The fourth-order valence-electron chi connectivity index (χ4n) is 3.05. The highest BCUT2D eigenvalue weighted by Crippen LogP contribution is 2.23. The molecule has 0 saturated carbocycles. The maximum atomic E-state index is 8.29. The summed E-state index contributed by atoms with van der Waals surface area (Å²) in [5.74, 6) is 1.24. The van der Waals surface area contributed by atoms with E-state index in [1.807, 2.05) is 36.4 Å². The van der Waals surface area contributed by atoms with Crippen LogP contribution >= 0.6 is 11.6 Å². The molecule has 0 atom stereocenters. The lowest BCUT2D eigenvalue weighted by molar-refractivity contribution is 0.306. The number of hydrogen-bond donors (Lipinski definition) is 2. The van der Waals surface area contributed by atoms with E-state index in [1.165, 1.54) is 5.56 Å². The molecule has 1 fully saturated rings.